The lowest BCUT2D eigenvalue weighted by atomic mass is 10.2. The van der Waals surface area contributed by atoms with Gasteiger partial charge in [-0.1, -0.05) is 0 Å². The third-order valence-corrected chi connectivity index (χ3v) is 2.44. The van der Waals surface area contributed by atoms with Gasteiger partial charge in [-0.15, -0.1) is 0 Å². The number of fused-ring (bicyclic) bond motifs is 1. The van der Waals surface area contributed by atoms with Crippen LogP contribution in [-0.4, -0.2) is 15.1 Å². The Morgan fingerprint density at radius 2 is 2.42 bits per heavy atom. The van der Waals surface area contributed by atoms with E-state index in [2.05, 4.69) is 25.9 Å². The van der Waals surface area contributed by atoms with Crippen LogP contribution >= 0.6 is 15.9 Å². The van der Waals surface area contributed by atoms with Gasteiger partial charge in [0.15, 0.2) is 0 Å². The van der Waals surface area contributed by atoms with Crippen LogP contribution in [0.2, 0.25) is 0 Å². The normalized spacial score (nSPS) is 10.8. The molecule has 0 amide bonds. The summed E-state index contributed by atoms with van der Waals surface area (Å²) >= 11 is 3.40. The van der Waals surface area contributed by atoms with Crippen LogP contribution in [0.3, 0.4) is 0 Å². The lowest BCUT2D eigenvalue weighted by Gasteiger charge is -1.94. The number of aromatic amines is 1. The fourth-order valence-electron chi connectivity index (χ4n) is 1.21. The molecule has 0 spiro atoms. The SMILES string of the molecule is OCc1c[nH]c2nccc(Br)c12. The summed E-state index contributed by atoms with van der Waals surface area (Å²) in [5.41, 5.74) is 1.67. The molecular formula is C8H7BrN2O. The summed E-state index contributed by atoms with van der Waals surface area (Å²) in [6.45, 7) is 0.0320. The number of aliphatic hydroxyl groups is 1. The number of hydrogen-bond donors (Lipinski definition) is 2. The van der Waals surface area contributed by atoms with Crippen molar-refractivity contribution in [2.24, 2.45) is 0 Å². The molecular weight excluding hydrogens is 220 g/mol. The molecule has 0 aliphatic carbocycles. The number of rotatable bonds is 1. The van der Waals surface area contributed by atoms with Gasteiger partial charge in [0.2, 0.25) is 0 Å². The zero-order valence-corrected chi connectivity index (χ0v) is 7.80. The number of aromatic nitrogens is 2. The van der Waals surface area contributed by atoms with Gasteiger partial charge >= 0.3 is 0 Å². The molecule has 0 bridgehead atoms. The van der Waals surface area contributed by atoms with E-state index in [-0.39, 0.29) is 6.61 Å². The highest BCUT2D eigenvalue weighted by Gasteiger charge is 2.05. The molecule has 2 rings (SSSR count). The van der Waals surface area contributed by atoms with Gasteiger partial charge in [-0.25, -0.2) is 4.98 Å². The molecule has 2 N–H and O–H groups in total. The summed E-state index contributed by atoms with van der Waals surface area (Å²) in [4.78, 5) is 7.09. The Hall–Kier alpha value is -0.870. The standard InChI is InChI=1S/C8H7BrN2O/c9-6-1-2-10-8-7(6)5(4-12)3-11-8/h1-3,12H,4H2,(H,10,11). The molecule has 4 heteroatoms. The van der Waals surface area contributed by atoms with E-state index in [1.165, 1.54) is 0 Å². The van der Waals surface area contributed by atoms with Gasteiger partial charge < -0.3 is 10.1 Å². The first-order valence-electron chi connectivity index (χ1n) is 3.54. The third kappa shape index (κ3) is 1.04. The number of nitrogens with zero attached hydrogens (tertiary/aromatic N) is 1. The molecule has 0 fully saturated rings. The highest BCUT2D eigenvalue weighted by Crippen LogP contribution is 2.24. The number of pyridine rings is 1. The molecule has 12 heavy (non-hydrogen) atoms. The third-order valence-electron chi connectivity index (χ3n) is 1.77. The van der Waals surface area contributed by atoms with Gasteiger partial charge in [-0.2, -0.15) is 0 Å². The minimum absolute atomic E-state index is 0.0320. The van der Waals surface area contributed by atoms with Crippen LogP contribution in [0.15, 0.2) is 22.9 Å². The number of H-pyrrole nitrogens is 1. The predicted molar refractivity (Wildman–Crippen MR) is 49.7 cm³/mol. The zero-order valence-electron chi connectivity index (χ0n) is 6.21. The number of nitrogens with one attached hydrogen (secondary N) is 1. The van der Waals surface area contributed by atoms with Gasteiger partial charge in [-0.3, -0.25) is 0 Å². The Balaban J connectivity index is 2.83. The quantitative estimate of drug-likeness (QED) is 0.780. The molecule has 2 heterocycles. The van der Waals surface area contributed by atoms with Gasteiger partial charge in [0.05, 0.1) is 6.61 Å². The maximum absolute atomic E-state index is 8.98. The Morgan fingerprint density at radius 3 is 3.17 bits per heavy atom. The van der Waals surface area contributed by atoms with Gasteiger partial charge in [-0.05, 0) is 22.0 Å². The maximum Gasteiger partial charge on any atom is 0.138 e. The second-order valence-corrected chi connectivity index (χ2v) is 3.34. The van der Waals surface area contributed by atoms with Crippen molar-refractivity contribution in [2.45, 2.75) is 6.61 Å². The second-order valence-electron chi connectivity index (χ2n) is 2.49. The van der Waals surface area contributed by atoms with Crippen LogP contribution in [-0.2, 0) is 6.61 Å². The number of hydrogen-bond acceptors (Lipinski definition) is 2. The first kappa shape index (κ1) is 7.76. The van der Waals surface area contributed by atoms with Crippen molar-refractivity contribution < 1.29 is 5.11 Å². The first-order chi connectivity index (χ1) is 5.83. The van der Waals surface area contributed by atoms with E-state index >= 15 is 0 Å². The smallest absolute Gasteiger partial charge is 0.138 e. The lowest BCUT2D eigenvalue weighted by molar-refractivity contribution is 0.283. The van der Waals surface area contributed by atoms with Gasteiger partial charge in [0.25, 0.3) is 0 Å². The van der Waals surface area contributed by atoms with E-state index in [9.17, 15) is 0 Å². The monoisotopic (exact) mass is 226 g/mol. The molecule has 0 saturated carbocycles. The van der Waals surface area contributed by atoms with Crippen LogP contribution < -0.4 is 0 Å². The molecule has 0 atom stereocenters. The van der Waals surface area contributed by atoms with E-state index in [0.29, 0.717) is 0 Å². The first-order valence-corrected chi connectivity index (χ1v) is 4.33. The van der Waals surface area contributed by atoms with Crippen molar-refractivity contribution in [1.29, 1.82) is 0 Å². The summed E-state index contributed by atoms with van der Waals surface area (Å²) in [5, 5.41) is 9.94. The number of halogens is 1. The summed E-state index contributed by atoms with van der Waals surface area (Å²) in [5.74, 6) is 0. The molecule has 0 aliphatic rings. The fourth-order valence-corrected chi connectivity index (χ4v) is 1.77. The van der Waals surface area contributed by atoms with E-state index in [1.54, 1.807) is 12.4 Å². The van der Waals surface area contributed by atoms with Gasteiger partial charge in [0.1, 0.15) is 5.65 Å². The highest BCUT2D eigenvalue weighted by atomic mass is 79.9. The molecule has 62 valence electrons. The highest BCUT2D eigenvalue weighted by molar-refractivity contribution is 9.10. The Morgan fingerprint density at radius 1 is 1.58 bits per heavy atom. The van der Waals surface area contributed by atoms with Crippen LogP contribution in [0.5, 0.6) is 0 Å². The van der Waals surface area contributed by atoms with Crippen LogP contribution in [0, 0.1) is 0 Å². The molecule has 0 aromatic carbocycles. The summed E-state index contributed by atoms with van der Waals surface area (Å²) < 4.78 is 0.956. The molecule has 3 nitrogen and oxygen atoms in total. The Kier molecular flexibility index (Phi) is 1.86. The van der Waals surface area contributed by atoms with E-state index < -0.39 is 0 Å². The molecule has 0 aliphatic heterocycles. The summed E-state index contributed by atoms with van der Waals surface area (Å²) in [6.07, 6.45) is 3.48. The number of aliphatic hydroxyl groups excluding tert-OH is 1. The topological polar surface area (TPSA) is 48.9 Å². The predicted octanol–water partition coefficient (Wildman–Crippen LogP) is 1.82. The van der Waals surface area contributed by atoms with Gasteiger partial charge in [0, 0.05) is 27.8 Å². The second kappa shape index (κ2) is 2.88. The van der Waals surface area contributed by atoms with E-state index in [1.807, 2.05) is 6.07 Å². The summed E-state index contributed by atoms with van der Waals surface area (Å²) in [6, 6.07) is 1.86. The van der Waals surface area contributed by atoms with E-state index in [4.69, 9.17) is 5.11 Å². The lowest BCUT2D eigenvalue weighted by Crippen LogP contribution is -1.81. The average Bonchev–Trinajstić information content (AvgIpc) is 2.49. The van der Waals surface area contributed by atoms with Crippen molar-refractivity contribution in [3.63, 3.8) is 0 Å². The van der Waals surface area contributed by atoms with Crippen molar-refractivity contribution >= 4 is 27.0 Å². The summed E-state index contributed by atoms with van der Waals surface area (Å²) in [7, 11) is 0. The molecule has 2 aromatic heterocycles. The fraction of sp³-hybridized carbons (Fsp3) is 0.125. The Bertz CT molecular complexity index is 410. The van der Waals surface area contributed by atoms with Crippen LogP contribution in [0.4, 0.5) is 0 Å². The van der Waals surface area contributed by atoms with Crippen molar-refractivity contribution in [3.8, 4) is 0 Å². The minimum atomic E-state index is 0.0320. The van der Waals surface area contributed by atoms with Crippen LogP contribution in [0.25, 0.3) is 11.0 Å². The van der Waals surface area contributed by atoms with Crippen molar-refractivity contribution in [2.75, 3.05) is 0 Å². The Labute approximate surface area is 77.6 Å². The van der Waals surface area contributed by atoms with Crippen molar-refractivity contribution in [1.82, 2.24) is 9.97 Å². The molecule has 0 unspecified atom stereocenters. The molecule has 0 radical (unpaired) electrons. The zero-order chi connectivity index (χ0) is 8.55. The minimum Gasteiger partial charge on any atom is -0.392 e. The largest absolute Gasteiger partial charge is 0.392 e. The molecule has 2 aromatic rings. The van der Waals surface area contributed by atoms with E-state index in [0.717, 1.165) is 21.1 Å². The average molecular weight is 227 g/mol. The molecule has 0 saturated heterocycles. The van der Waals surface area contributed by atoms with Crippen LogP contribution in [0.1, 0.15) is 5.56 Å². The maximum atomic E-state index is 8.98. The van der Waals surface area contributed by atoms with Crippen molar-refractivity contribution in [3.05, 3.63) is 28.5 Å².